The van der Waals surface area contributed by atoms with Gasteiger partial charge in [0.15, 0.2) is 11.6 Å². The summed E-state index contributed by atoms with van der Waals surface area (Å²) in [5.74, 6) is 0.576. The minimum Gasteiger partial charge on any atom is -0.309 e. The number of benzene rings is 7. The van der Waals surface area contributed by atoms with E-state index in [9.17, 15) is 0 Å². The van der Waals surface area contributed by atoms with Crippen LogP contribution >= 0.6 is 0 Å². The Bertz CT molecular complexity index is 3360. The normalized spacial score (nSPS) is 14.6. The quantitative estimate of drug-likeness (QED) is 0.185. The number of fused-ring (bicyclic) bond motifs is 9. The van der Waals surface area contributed by atoms with Gasteiger partial charge in [-0.15, -0.1) is 0 Å². The zero-order valence-corrected chi connectivity index (χ0v) is 28.9. The summed E-state index contributed by atoms with van der Waals surface area (Å²) in [4.78, 5) is 15.1. The first-order chi connectivity index (χ1) is 28.1. The van der Waals surface area contributed by atoms with E-state index < -0.39 is 18.1 Å². The lowest BCUT2D eigenvalue weighted by Gasteiger charge is -2.21. The number of hydrogen-bond donors (Lipinski definition) is 0. The van der Waals surface area contributed by atoms with Crippen LogP contribution < -0.4 is 0 Å². The molecule has 0 saturated carbocycles. The van der Waals surface area contributed by atoms with Crippen molar-refractivity contribution in [1.82, 2.24) is 24.1 Å². The van der Waals surface area contributed by atoms with Crippen LogP contribution in [-0.4, -0.2) is 24.1 Å². The van der Waals surface area contributed by atoms with Gasteiger partial charge in [0.05, 0.1) is 28.9 Å². The Balaban J connectivity index is 1.24. The zero-order chi connectivity index (χ0) is 39.6. The highest BCUT2D eigenvalue weighted by atomic mass is 15.2. The van der Waals surface area contributed by atoms with Crippen molar-refractivity contribution < 1.29 is 6.85 Å². The fourth-order valence-corrected chi connectivity index (χ4v) is 8.43. The summed E-state index contributed by atoms with van der Waals surface area (Å²) >= 11 is 0. The van der Waals surface area contributed by atoms with Crippen LogP contribution in [0.5, 0.6) is 0 Å². The van der Waals surface area contributed by atoms with E-state index in [-0.39, 0.29) is 34.8 Å². The summed E-state index contributed by atoms with van der Waals surface area (Å²) in [7, 11) is 0. The van der Waals surface area contributed by atoms with Gasteiger partial charge in [0.1, 0.15) is 0 Å². The molecule has 0 bridgehead atoms. The van der Waals surface area contributed by atoms with E-state index in [0.29, 0.717) is 5.82 Å². The molecular formula is C48H33N5. The molecule has 0 aliphatic heterocycles. The largest absolute Gasteiger partial charge is 0.309 e. The second-order valence-electron chi connectivity index (χ2n) is 14.1. The molecule has 0 fully saturated rings. The molecule has 7 aromatic carbocycles. The second-order valence-corrected chi connectivity index (χ2v) is 14.1. The molecule has 0 N–H and O–H groups in total. The van der Waals surface area contributed by atoms with E-state index >= 15 is 0 Å². The van der Waals surface area contributed by atoms with Crippen LogP contribution in [0.3, 0.4) is 0 Å². The third-order valence-corrected chi connectivity index (χ3v) is 10.9. The Morgan fingerprint density at radius 3 is 1.83 bits per heavy atom. The van der Waals surface area contributed by atoms with Crippen molar-refractivity contribution in [3.63, 3.8) is 0 Å². The monoisotopic (exact) mass is 684 g/mol. The Kier molecular flexibility index (Phi) is 5.26. The molecule has 3 aromatic heterocycles. The van der Waals surface area contributed by atoms with Crippen LogP contribution in [0.15, 0.2) is 164 Å². The van der Waals surface area contributed by atoms with Crippen LogP contribution in [0.2, 0.25) is 0 Å². The van der Waals surface area contributed by atoms with E-state index in [2.05, 4.69) is 103 Å². The van der Waals surface area contributed by atoms with Crippen molar-refractivity contribution in [2.75, 3.05) is 0 Å². The molecule has 5 heteroatoms. The van der Waals surface area contributed by atoms with E-state index in [1.165, 1.54) is 11.1 Å². The first-order valence-corrected chi connectivity index (χ1v) is 17.7. The summed E-state index contributed by atoms with van der Waals surface area (Å²) in [6.07, 6.45) is 0. The van der Waals surface area contributed by atoms with E-state index in [4.69, 9.17) is 21.8 Å². The molecule has 11 rings (SSSR count). The topological polar surface area (TPSA) is 48.5 Å². The van der Waals surface area contributed by atoms with Crippen molar-refractivity contribution in [2.45, 2.75) is 19.3 Å². The van der Waals surface area contributed by atoms with E-state index in [1.54, 1.807) is 0 Å². The number of para-hydroxylation sites is 3. The Morgan fingerprint density at radius 1 is 0.472 bits per heavy atom. The molecule has 0 amide bonds. The molecular weight excluding hydrogens is 647 g/mol. The van der Waals surface area contributed by atoms with Gasteiger partial charge in [-0.2, -0.15) is 9.97 Å². The summed E-state index contributed by atoms with van der Waals surface area (Å²) < 4.78 is 47.5. The standard InChI is InChI=1S/C48H33N5/c1-48(2)39-22-12-9-19-33(39)36-27-31(25-26-40(36)48)46-49-45(30-15-5-3-6-16-30)50-47(51-46)53-42-24-14-11-21-35(42)38-28-37-34-20-10-13-23-41(34)52(43(37)29-44(38)53)32-17-7-4-8-18-32/h3-29H,1-2H3/i3D,5D,6D,15D,16D. The average Bonchev–Trinajstić information content (AvgIpc) is 3.84. The summed E-state index contributed by atoms with van der Waals surface area (Å²) in [6.45, 7) is 4.46. The lowest BCUT2D eigenvalue weighted by atomic mass is 9.82. The van der Waals surface area contributed by atoms with Crippen LogP contribution in [0.4, 0.5) is 0 Å². The van der Waals surface area contributed by atoms with Crippen LogP contribution in [-0.2, 0) is 5.41 Å². The fraction of sp³-hybridized carbons (Fsp3) is 0.0625. The SMILES string of the molecule is [2H]c1c([2H])c([2H])c(-c2nc(-c3ccc4c(c3)-c3ccccc3C4(C)C)nc(-n3c4ccccc4c4cc5c6ccccc6n(-c6ccccc6)c5cc43)n2)c([2H])c1[2H]. The molecule has 250 valence electrons. The van der Waals surface area contributed by atoms with Crippen LogP contribution in [0.1, 0.15) is 31.8 Å². The number of nitrogens with zero attached hydrogens (tertiary/aromatic N) is 5. The third-order valence-electron chi connectivity index (χ3n) is 10.9. The lowest BCUT2D eigenvalue weighted by Crippen LogP contribution is -2.14. The zero-order valence-electron chi connectivity index (χ0n) is 33.9. The summed E-state index contributed by atoms with van der Waals surface area (Å²) in [5.41, 5.74) is 9.90. The van der Waals surface area contributed by atoms with Crippen molar-refractivity contribution >= 4 is 43.6 Å². The Labute approximate surface area is 313 Å². The minimum absolute atomic E-state index is 0.0105. The summed E-state index contributed by atoms with van der Waals surface area (Å²) in [6, 6.07) is 43.8. The number of hydrogen-bond acceptors (Lipinski definition) is 3. The highest BCUT2D eigenvalue weighted by Crippen LogP contribution is 2.49. The molecule has 0 unspecified atom stereocenters. The summed E-state index contributed by atoms with van der Waals surface area (Å²) in [5, 5.41) is 4.24. The van der Waals surface area contributed by atoms with Crippen molar-refractivity contribution in [3.8, 4) is 45.5 Å². The fourth-order valence-electron chi connectivity index (χ4n) is 8.43. The number of aromatic nitrogens is 5. The van der Waals surface area contributed by atoms with Crippen LogP contribution in [0.25, 0.3) is 89.2 Å². The predicted octanol–water partition coefficient (Wildman–Crippen LogP) is 11.7. The number of rotatable bonds is 4. The molecule has 5 nitrogen and oxygen atoms in total. The first-order valence-electron chi connectivity index (χ1n) is 20.2. The van der Waals surface area contributed by atoms with Gasteiger partial charge in [0.2, 0.25) is 5.95 Å². The Morgan fingerprint density at radius 2 is 1.08 bits per heavy atom. The Hall–Kier alpha value is -6.85. The molecule has 3 heterocycles. The van der Waals surface area contributed by atoms with E-state index in [0.717, 1.165) is 66.0 Å². The van der Waals surface area contributed by atoms with Gasteiger partial charge >= 0.3 is 0 Å². The van der Waals surface area contributed by atoms with Crippen molar-refractivity contribution in [3.05, 3.63) is 175 Å². The van der Waals surface area contributed by atoms with Gasteiger partial charge in [-0.05, 0) is 64.7 Å². The van der Waals surface area contributed by atoms with Gasteiger partial charge < -0.3 is 4.57 Å². The molecule has 0 atom stereocenters. The van der Waals surface area contributed by atoms with Gasteiger partial charge in [-0.25, -0.2) is 4.98 Å². The molecule has 1 aliphatic carbocycles. The maximum atomic E-state index is 8.95. The molecule has 53 heavy (non-hydrogen) atoms. The average molecular weight is 685 g/mol. The maximum absolute atomic E-state index is 8.95. The lowest BCUT2D eigenvalue weighted by molar-refractivity contribution is 0.660. The van der Waals surface area contributed by atoms with E-state index in [1.807, 2.05) is 53.1 Å². The molecule has 0 radical (unpaired) electrons. The van der Waals surface area contributed by atoms with Gasteiger partial charge in [-0.1, -0.05) is 135 Å². The van der Waals surface area contributed by atoms with Gasteiger partial charge in [-0.3, -0.25) is 4.57 Å². The van der Waals surface area contributed by atoms with Crippen molar-refractivity contribution in [2.24, 2.45) is 0 Å². The van der Waals surface area contributed by atoms with Crippen LogP contribution in [0, 0.1) is 0 Å². The molecule has 10 aromatic rings. The molecule has 0 spiro atoms. The minimum atomic E-state index is -0.478. The first kappa shape index (κ1) is 25.2. The predicted molar refractivity (Wildman–Crippen MR) is 217 cm³/mol. The maximum Gasteiger partial charge on any atom is 0.238 e. The highest BCUT2D eigenvalue weighted by molar-refractivity contribution is 6.19. The van der Waals surface area contributed by atoms with Gasteiger partial charge in [0, 0.05) is 43.8 Å². The smallest absolute Gasteiger partial charge is 0.238 e. The highest BCUT2D eigenvalue weighted by Gasteiger charge is 2.35. The third kappa shape index (κ3) is 4.34. The molecule has 0 saturated heterocycles. The van der Waals surface area contributed by atoms with Gasteiger partial charge in [0.25, 0.3) is 0 Å². The molecule has 1 aliphatic rings. The second kappa shape index (κ2) is 11.1. The van der Waals surface area contributed by atoms with Crippen molar-refractivity contribution in [1.29, 1.82) is 0 Å².